The first-order valence-electron chi connectivity index (χ1n) is 7.97. The molecule has 3 rings (SSSR count). The summed E-state index contributed by atoms with van der Waals surface area (Å²) in [7, 11) is 0. The Kier molecular flexibility index (Phi) is 4.39. The van der Waals surface area contributed by atoms with Crippen LogP contribution in [0.3, 0.4) is 0 Å². The smallest absolute Gasteiger partial charge is 0.341 e. The van der Waals surface area contributed by atoms with Gasteiger partial charge < -0.3 is 10.1 Å². The fraction of sp³-hybridized carbons (Fsp3) is 0.278. The highest BCUT2D eigenvalue weighted by Gasteiger charge is 2.18. The van der Waals surface area contributed by atoms with Gasteiger partial charge in [0.1, 0.15) is 5.56 Å². The first-order valence-corrected chi connectivity index (χ1v) is 8.35. The molecule has 0 unspecified atom stereocenters. The fourth-order valence-electron chi connectivity index (χ4n) is 3.13. The van der Waals surface area contributed by atoms with Gasteiger partial charge in [-0.3, -0.25) is 9.48 Å². The van der Waals surface area contributed by atoms with E-state index in [1.165, 1.54) is 6.20 Å². The monoisotopic (exact) mass is 359 g/mol. The first kappa shape index (κ1) is 17.2. The summed E-state index contributed by atoms with van der Waals surface area (Å²) in [6.07, 6.45) is 2.13. The number of aromatic nitrogens is 3. The molecule has 6 nitrogen and oxygen atoms in total. The van der Waals surface area contributed by atoms with E-state index in [0.29, 0.717) is 10.5 Å². The van der Waals surface area contributed by atoms with Crippen LogP contribution in [0.15, 0.2) is 23.1 Å². The lowest BCUT2D eigenvalue weighted by Crippen LogP contribution is -2.15. The lowest BCUT2D eigenvalue weighted by Gasteiger charge is -2.08. The van der Waals surface area contributed by atoms with E-state index in [0.717, 1.165) is 35.5 Å². The van der Waals surface area contributed by atoms with E-state index in [4.69, 9.17) is 16.7 Å². The van der Waals surface area contributed by atoms with Crippen molar-refractivity contribution in [1.82, 2.24) is 14.8 Å². The number of fused-ring (bicyclic) bond motifs is 1. The van der Waals surface area contributed by atoms with Crippen molar-refractivity contribution < 1.29 is 9.90 Å². The Hall–Kier alpha value is -2.60. The minimum atomic E-state index is -1.27. The topological polar surface area (TPSA) is 88.0 Å². The fourth-order valence-corrected chi connectivity index (χ4v) is 3.41. The van der Waals surface area contributed by atoms with Gasteiger partial charge in [0, 0.05) is 29.4 Å². The third-order valence-electron chi connectivity index (χ3n) is 4.28. The van der Waals surface area contributed by atoms with Crippen LogP contribution in [0, 0.1) is 13.8 Å². The molecular weight excluding hydrogens is 342 g/mol. The zero-order chi connectivity index (χ0) is 18.3. The summed E-state index contributed by atoms with van der Waals surface area (Å²) < 4.78 is 1.93. The van der Waals surface area contributed by atoms with Crippen LogP contribution in [0.25, 0.3) is 22.0 Å². The molecule has 0 saturated carbocycles. The molecule has 2 N–H and O–H groups in total. The Morgan fingerprint density at radius 1 is 1.36 bits per heavy atom. The number of halogens is 1. The van der Waals surface area contributed by atoms with Crippen LogP contribution in [-0.2, 0) is 6.54 Å². The normalized spacial score (nSPS) is 11.2. The number of aryl methyl sites for hydroxylation is 2. The highest BCUT2D eigenvalue weighted by atomic mass is 35.5. The van der Waals surface area contributed by atoms with Gasteiger partial charge in [0.25, 0.3) is 0 Å². The predicted molar refractivity (Wildman–Crippen MR) is 97.5 cm³/mol. The first-order chi connectivity index (χ1) is 11.8. The van der Waals surface area contributed by atoms with Crippen molar-refractivity contribution in [2.24, 2.45) is 0 Å². The van der Waals surface area contributed by atoms with Crippen LogP contribution in [0.5, 0.6) is 0 Å². The summed E-state index contributed by atoms with van der Waals surface area (Å²) in [4.78, 5) is 26.5. The van der Waals surface area contributed by atoms with Crippen molar-refractivity contribution >= 4 is 28.5 Å². The molecule has 0 saturated heterocycles. The maximum atomic E-state index is 12.5. The molecule has 0 aliphatic rings. The summed E-state index contributed by atoms with van der Waals surface area (Å²) in [5.74, 6) is -1.27. The van der Waals surface area contributed by atoms with Crippen LogP contribution in [0.1, 0.15) is 35.1 Å². The number of H-pyrrole nitrogens is 1. The van der Waals surface area contributed by atoms with Crippen molar-refractivity contribution in [2.75, 3.05) is 0 Å². The van der Waals surface area contributed by atoms with Gasteiger partial charge in [-0.15, -0.1) is 0 Å². The molecule has 0 bridgehead atoms. The number of carboxylic acids is 1. The zero-order valence-electron chi connectivity index (χ0n) is 14.2. The van der Waals surface area contributed by atoms with E-state index in [-0.39, 0.29) is 10.9 Å². The van der Waals surface area contributed by atoms with Gasteiger partial charge in [0.05, 0.1) is 16.2 Å². The Balaban J connectivity index is 2.30. The lowest BCUT2D eigenvalue weighted by atomic mass is 10.0. The quantitative estimate of drug-likeness (QED) is 0.742. The summed E-state index contributed by atoms with van der Waals surface area (Å²) in [5.41, 5.74) is 3.06. The van der Waals surface area contributed by atoms with E-state index in [1.54, 1.807) is 12.1 Å². The van der Waals surface area contributed by atoms with Crippen LogP contribution in [0.2, 0.25) is 5.02 Å². The molecule has 3 aromatic rings. The molecule has 0 fully saturated rings. The molecule has 0 spiro atoms. The molecule has 0 aliphatic heterocycles. The SMILES string of the molecule is CCCn1nc(C)c(-c2cc(Cl)c3[nH]cc(C(=O)O)c(=O)c3c2)c1C. The van der Waals surface area contributed by atoms with Crippen LogP contribution in [0.4, 0.5) is 0 Å². The molecule has 0 amide bonds. The number of rotatable bonds is 4. The van der Waals surface area contributed by atoms with E-state index in [2.05, 4.69) is 17.0 Å². The highest BCUT2D eigenvalue weighted by molar-refractivity contribution is 6.35. The summed E-state index contributed by atoms with van der Waals surface area (Å²) in [6, 6.07) is 3.45. The Labute approximate surface area is 149 Å². The van der Waals surface area contributed by atoms with Gasteiger partial charge in [-0.25, -0.2) is 4.79 Å². The maximum absolute atomic E-state index is 12.5. The summed E-state index contributed by atoms with van der Waals surface area (Å²) in [5, 5.41) is 14.3. The second-order valence-electron chi connectivity index (χ2n) is 5.99. The van der Waals surface area contributed by atoms with Gasteiger partial charge in [-0.2, -0.15) is 5.10 Å². The third-order valence-corrected chi connectivity index (χ3v) is 4.57. The standard InChI is InChI=1S/C18H18ClN3O3/c1-4-5-22-10(3)15(9(2)21-22)11-6-12-16(14(19)7-11)20-8-13(17(12)23)18(24)25/h6-8H,4-5H2,1-3H3,(H,20,23)(H,24,25). The van der Waals surface area contributed by atoms with Crippen molar-refractivity contribution in [3.63, 3.8) is 0 Å². The molecule has 1 aromatic carbocycles. The van der Waals surface area contributed by atoms with Crippen LogP contribution in [-0.4, -0.2) is 25.8 Å². The molecule has 7 heteroatoms. The average molecular weight is 360 g/mol. The molecule has 0 aliphatic carbocycles. The number of nitrogens with zero attached hydrogens (tertiary/aromatic N) is 2. The Bertz CT molecular complexity index is 1050. The van der Waals surface area contributed by atoms with Gasteiger partial charge in [-0.1, -0.05) is 18.5 Å². The number of carboxylic acid groups (broad SMARTS) is 1. The predicted octanol–water partition coefficient (Wildman–Crippen LogP) is 3.77. The van der Waals surface area contributed by atoms with Gasteiger partial charge >= 0.3 is 5.97 Å². The van der Waals surface area contributed by atoms with E-state index < -0.39 is 11.4 Å². The summed E-state index contributed by atoms with van der Waals surface area (Å²) in [6.45, 7) is 6.76. The number of pyridine rings is 1. The number of carbonyl (C=O) groups is 1. The maximum Gasteiger partial charge on any atom is 0.341 e. The van der Waals surface area contributed by atoms with Crippen molar-refractivity contribution in [1.29, 1.82) is 0 Å². The minimum Gasteiger partial charge on any atom is -0.477 e. The second kappa shape index (κ2) is 6.37. The number of aromatic carboxylic acids is 1. The largest absolute Gasteiger partial charge is 0.477 e. The number of benzene rings is 1. The molecule has 130 valence electrons. The number of hydrogen-bond acceptors (Lipinski definition) is 3. The minimum absolute atomic E-state index is 0.254. The van der Waals surface area contributed by atoms with E-state index in [1.807, 2.05) is 18.5 Å². The third kappa shape index (κ3) is 2.82. The lowest BCUT2D eigenvalue weighted by molar-refractivity contribution is 0.0695. The van der Waals surface area contributed by atoms with Crippen molar-refractivity contribution in [3.05, 3.63) is 50.5 Å². The van der Waals surface area contributed by atoms with Gasteiger partial charge in [0.15, 0.2) is 0 Å². The van der Waals surface area contributed by atoms with Crippen molar-refractivity contribution in [3.8, 4) is 11.1 Å². The second-order valence-corrected chi connectivity index (χ2v) is 6.39. The Morgan fingerprint density at radius 3 is 2.72 bits per heavy atom. The summed E-state index contributed by atoms with van der Waals surface area (Å²) >= 11 is 6.34. The average Bonchev–Trinajstić information content (AvgIpc) is 2.82. The van der Waals surface area contributed by atoms with Gasteiger partial charge in [0.2, 0.25) is 5.43 Å². The molecule has 25 heavy (non-hydrogen) atoms. The Morgan fingerprint density at radius 2 is 2.08 bits per heavy atom. The molecular formula is C18H18ClN3O3. The van der Waals surface area contributed by atoms with Crippen molar-refractivity contribution in [2.45, 2.75) is 33.7 Å². The zero-order valence-corrected chi connectivity index (χ0v) is 14.9. The van der Waals surface area contributed by atoms with Gasteiger partial charge in [-0.05, 0) is 38.0 Å². The van der Waals surface area contributed by atoms with E-state index in [9.17, 15) is 9.59 Å². The van der Waals surface area contributed by atoms with Crippen LogP contribution >= 0.6 is 11.6 Å². The molecule has 0 atom stereocenters. The number of nitrogens with one attached hydrogen (secondary N) is 1. The molecule has 2 aromatic heterocycles. The van der Waals surface area contributed by atoms with E-state index >= 15 is 0 Å². The molecule has 2 heterocycles. The molecule has 0 radical (unpaired) electrons. The number of aromatic amines is 1. The highest BCUT2D eigenvalue weighted by Crippen LogP contribution is 2.32. The number of hydrogen-bond donors (Lipinski definition) is 2. The van der Waals surface area contributed by atoms with Crippen LogP contribution < -0.4 is 5.43 Å².